The van der Waals surface area contributed by atoms with Crippen molar-refractivity contribution in [1.82, 2.24) is 0 Å². The minimum Gasteiger partial charge on any atom is -0.326 e. The van der Waals surface area contributed by atoms with Gasteiger partial charge in [-0.15, -0.1) is 0 Å². The Balaban J connectivity index is 1.82. The maximum absolute atomic E-state index is 12.3. The van der Waals surface area contributed by atoms with Gasteiger partial charge < -0.3 is 10.6 Å². The van der Waals surface area contributed by atoms with Crippen LogP contribution in [0.15, 0.2) is 36.4 Å². The first-order valence-corrected chi connectivity index (χ1v) is 7.47. The predicted molar refractivity (Wildman–Crippen MR) is 87.8 cm³/mol. The van der Waals surface area contributed by atoms with Crippen LogP contribution in [0, 0.1) is 0 Å². The molecule has 4 nitrogen and oxygen atoms in total. The van der Waals surface area contributed by atoms with Crippen molar-refractivity contribution in [3.05, 3.63) is 57.6 Å². The van der Waals surface area contributed by atoms with E-state index >= 15 is 0 Å². The lowest BCUT2D eigenvalue weighted by Crippen LogP contribution is -2.20. The molecule has 3 rings (SSSR count). The van der Waals surface area contributed by atoms with Gasteiger partial charge in [0.2, 0.25) is 5.91 Å². The van der Waals surface area contributed by atoms with E-state index in [0.29, 0.717) is 34.1 Å². The van der Waals surface area contributed by atoms with Crippen molar-refractivity contribution < 1.29 is 9.59 Å². The molecule has 6 heteroatoms. The van der Waals surface area contributed by atoms with Gasteiger partial charge in [0.1, 0.15) is 0 Å². The summed E-state index contributed by atoms with van der Waals surface area (Å²) in [5.41, 5.74) is 2.77. The van der Waals surface area contributed by atoms with Crippen molar-refractivity contribution in [3.8, 4) is 0 Å². The molecule has 0 unspecified atom stereocenters. The van der Waals surface area contributed by atoms with Crippen LogP contribution in [0.1, 0.15) is 22.3 Å². The van der Waals surface area contributed by atoms with Crippen molar-refractivity contribution in [3.63, 3.8) is 0 Å². The first-order chi connectivity index (χ1) is 10.5. The van der Waals surface area contributed by atoms with Gasteiger partial charge in [0.25, 0.3) is 5.91 Å². The van der Waals surface area contributed by atoms with Gasteiger partial charge in [-0.05, 0) is 48.4 Å². The molecule has 2 amide bonds. The fraction of sp³-hybridized carbons (Fsp3) is 0.125. The molecule has 0 aromatic heterocycles. The van der Waals surface area contributed by atoms with Crippen molar-refractivity contribution in [2.75, 3.05) is 10.6 Å². The second-order valence-electron chi connectivity index (χ2n) is 5.03. The van der Waals surface area contributed by atoms with Crippen LogP contribution in [-0.4, -0.2) is 11.8 Å². The Kier molecular flexibility index (Phi) is 4.05. The SMILES string of the molecule is O=C1CCc2cc(C(=O)Nc3cc(Cl)cc(Cl)c3)ccc2N1. The summed E-state index contributed by atoms with van der Waals surface area (Å²) in [7, 11) is 0. The van der Waals surface area contributed by atoms with Crippen molar-refractivity contribution in [2.45, 2.75) is 12.8 Å². The molecule has 0 bridgehead atoms. The zero-order valence-electron chi connectivity index (χ0n) is 11.5. The number of hydrogen-bond donors (Lipinski definition) is 2. The van der Waals surface area contributed by atoms with E-state index < -0.39 is 0 Å². The van der Waals surface area contributed by atoms with Gasteiger partial charge in [-0.3, -0.25) is 9.59 Å². The number of benzene rings is 2. The van der Waals surface area contributed by atoms with Crippen LogP contribution in [0.4, 0.5) is 11.4 Å². The molecule has 22 heavy (non-hydrogen) atoms. The molecule has 0 saturated carbocycles. The number of halogens is 2. The van der Waals surface area contributed by atoms with E-state index in [2.05, 4.69) is 10.6 Å². The molecule has 0 saturated heterocycles. The zero-order chi connectivity index (χ0) is 15.7. The highest BCUT2D eigenvalue weighted by molar-refractivity contribution is 6.35. The molecule has 0 atom stereocenters. The summed E-state index contributed by atoms with van der Waals surface area (Å²) in [6.07, 6.45) is 1.06. The summed E-state index contributed by atoms with van der Waals surface area (Å²) in [5.74, 6) is -0.253. The van der Waals surface area contributed by atoms with E-state index in [0.717, 1.165) is 11.3 Å². The van der Waals surface area contributed by atoms with Gasteiger partial charge in [0, 0.05) is 33.4 Å². The second kappa shape index (κ2) is 5.99. The molecule has 0 aliphatic carbocycles. The predicted octanol–water partition coefficient (Wildman–Crippen LogP) is 4.13. The summed E-state index contributed by atoms with van der Waals surface area (Å²) >= 11 is 11.8. The zero-order valence-corrected chi connectivity index (χ0v) is 13.0. The third-order valence-electron chi connectivity index (χ3n) is 3.38. The van der Waals surface area contributed by atoms with Gasteiger partial charge in [0.05, 0.1) is 0 Å². The first-order valence-electron chi connectivity index (χ1n) is 6.71. The van der Waals surface area contributed by atoms with Crippen LogP contribution in [0.2, 0.25) is 10.0 Å². The Morgan fingerprint density at radius 1 is 1.05 bits per heavy atom. The molecule has 2 aromatic rings. The molecule has 1 aliphatic rings. The maximum Gasteiger partial charge on any atom is 0.255 e. The Labute approximate surface area is 137 Å². The number of fused-ring (bicyclic) bond motifs is 1. The molecule has 2 aromatic carbocycles. The van der Waals surface area contributed by atoms with Crippen LogP contribution in [0.5, 0.6) is 0 Å². The second-order valence-corrected chi connectivity index (χ2v) is 5.91. The highest BCUT2D eigenvalue weighted by Gasteiger charge is 2.16. The largest absolute Gasteiger partial charge is 0.326 e. The average molecular weight is 335 g/mol. The Morgan fingerprint density at radius 3 is 2.50 bits per heavy atom. The molecule has 0 spiro atoms. The summed E-state index contributed by atoms with van der Waals surface area (Å²) in [6.45, 7) is 0. The van der Waals surface area contributed by atoms with Crippen LogP contribution in [0.3, 0.4) is 0 Å². The topological polar surface area (TPSA) is 58.2 Å². The van der Waals surface area contributed by atoms with Gasteiger partial charge in [-0.2, -0.15) is 0 Å². The Morgan fingerprint density at radius 2 is 1.77 bits per heavy atom. The highest BCUT2D eigenvalue weighted by atomic mass is 35.5. The molecule has 0 radical (unpaired) electrons. The number of hydrogen-bond acceptors (Lipinski definition) is 2. The first kappa shape index (κ1) is 14.9. The summed E-state index contributed by atoms with van der Waals surface area (Å²) in [4.78, 5) is 23.6. The molecule has 2 N–H and O–H groups in total. The van der Waals surface area contributed by atoms with E-state index in [1.807, 2.05) is 0 Å². The third-order valence-corrected chi connectivity index (χ3v) is 3.82. The van der Waals surface area contributed by atoms with Crippen molar-refractivity contribution in [1.29, 1.82) is 0 Å². The van der Waals surface area contributed by atoms with Crippen LogP contribution < -0.4 is 10.6 Å². The molecular weight excluding hydrogens is 323 g/mol. The number of aryl methyl sites for hydroxylation is 1. The summed E-state index contributed by atoms with van der Waals surface area (Å²) in [5, 5.41) is 6.45. The fourth-order valence-corrected chi connectivity index (χ4v) is 2.88. The fourth-order valence-electron chi connectivity index (χ4n) is 2.35. The lowest BCUT2D eigenvalue weighted by Gasteiger charge is -2.17. The van der Waals surface area contributed by atoms with Crippen molar-refractivity contribution >= 4 is 46.4 Å². The van der Waals surface area contributed by atoms with Gasteiger partial charge in [0.15, 0.2) is 0 Å². The summed E-state index contributed by atoms with van der Waals surface area (Å²) in [6, 6.07) is 10.1. The van der Waals surface area contributed by atoms with Gasteiger partial charge >= 0.3 is 0 Å². The van der Waals surface area contributed by atoms with Crippen molar-refractivity contribution in [2.24, 2.45) is 0 Å². The third kappa shape index (κ3) is 3.24. The van der Waals surface area contributed by atoms with E-state index in [4.69, 9.17) is 23.2 Å². The Hall–Kier alpha value is -2.04. The number of carbonyl (C=O) groups excluding carboxylic acids is 2. The normalized spacial score (nSPS) is 13.3. The number of anilines is 2. The van der Waals surface area contributed by atoms with E-state index in [1.165, 1.54) is 0 Å². The number of nitrogens with one attached hydrogen (secondary N) is 2. The van der Waals surface area contributed by atoms with E-state index in [9.17, 15) is 9.59 Å². The molecule has 112 valence electrons. The van der Waals surface area contributed by atoms with Crippen LogP contribution in [-0.2, 0) is 11.2 Å². The van der Waals surface area contributed by atoms with Gasteiger partial charge in [-0.1, -0.05) is 23.2 Å². The smallest absolute Gasteiger partial charge is 0.255 e. The minimum absolute atomic E-state index is 0.00160. The number of carbonyl (C=O) groups is 2. The maximum atomic E-state index is 12.3. The van der Waals surface area contributed by atoms with Gasteiger partial charge in [-0.25, -0.2) is 0 Å². The minimum atomic E-state index is -0.252. The van der Waals surface area contributed by atoms with Crippen LogP contribution in [0.25, 0.3) is 0 Å². The molecule has 1 aliphatic heterocycles. The quantitative estimate of drug-likeness (QED) is 0.867. The van der Waals surface area contributed by atoms with E-state index in [-0.39, 0.29) is 11.8 Å². The molecular formula is C16H12Cl2N2O2. The number of rotatable bonds is 2. The summed E-state index contributed by atoms with van der Waals surface area (Å²) < 4.78 is 0. The monoisotopic (exact) mass is 334 g/mol. The Bertz CT molecular complexity index is 754. The average Bonchev–Trinajstić information content (AvgIpc) is 2.45. The standard InChI is InChI=1S/C16H12Cl2N2O2/c17-11-6-12(18)8-13(7-11)19-16(22)10-1-3-14-9(5-10)2-4-15(21)20-14/h1,3,5-8H,2,4H2,(H,19,22)(H,20,21). The molecule has 0 fully saturated rings. The van der Waals surface area contributed by atoms with E-state index in [1.54, 1.807) is 36.4 Å². The van der Waals surface area contributed by atoms with Crippen LogP contribution >= 0.6 is 23.2 Å². The number of amides is 2. The lowest BCUT2D eigenvalue weighted by atomic mass is 10.00. The molecule has 1 heterocycles. The highest BCUT2D eigenvalue weighted by Crippen LogP contribution is 2.25. The lowest BCUT2D eigenvalue weighted by molar-refractivity contribution is -0.116.